The number of carbonyl (C=O) groups excluding carboxylic acids is 2. The lowest BCUT2D eigenvalue weighted by molar-refractivity contribution is -0.120. The molecule has 2 rings (SSSR count). The van der Waals surface area contributed by atoms with E-state index in [1.54, 1.807) is 12.1 Å². The highest BCUT2D eigenvalue weighted by Gasteiger charge is 2.08. The van der Waals surface area contributed by atoms with Gasteiger partial charge in [0.25, 0.3) is 11.8 Å². The van der Waals surface area contributed by atoms with Crippen LogP contribution < -0.4 is 16.2 Å². The van der Waals surface area contributed by atoms with E-state index >= 15 is 0 Å². The van der Waals surface area contributed by atoms with Crippen molar-refractivity contribution < 1.29 is 9.59 Å². The normalized spacial score (nSPS) is 10.9. The smallest absolute Gasteiger partial charge is 0.261 e. The molecule has 1 aromatic carbocycles. The first-order chi connectivity index (χ1) is 10.6. The fourth-order valence-corrected chi connectivity index (χ4v) is 2.34. The number of carbonyl (C=O) groups is 2. The maximum atomic E-state index is 11.7. The molecule has 2 amide bonds. The van der Waals surface area contributed by atoms with E-state index in [2.05, 4.69) is 16.2 Å². The second-order valence-corrected chi connectivity index (χ2v) is 5.52. The predicted molar refractivity (Wildman–Crippen MR) is 88.0 cm³/mol. The van der Waals surface area contributed by atoms with Gasteiger partial charge in [-0.2, -0.15) is 0 Å². The molecule has 0 bridgehead atoms. The number of hydrogen-bond acceptors (Lipinski definition) is 4. The summed E-state index contributed by atoms with van der Waals surface area (Å²) in [6.45, 7) is 1.76. The molecule has 0 aliphatic rings. The first kappa shape index (κ1) is 15.8. The Labute approximate surface area is 133 Å². The molecule has 114 valence electrons. The largest absolute Gasteiger partial charge is 0.342 e. The van der Waals surface area contributed by atoms with E-state index in [4.69, 9.17) is 0 Å². The molecule has 0 saturated heterocycles. The third kappa shape index (κ3) is 5.06. The van der Waals surface area contributed by atoms with E-state index in [0.717, 1.165) is 11.3 Å². The number of hydrazine groups is 1. The molecular formula is C16H17N3O2S. The molecule has 0 spiro atoms. The summed E-state index contributed by atoms with van der Waals surface area (Å²) in [5.74, 6) is -0.563. The third-order valence-corrected chi connectivity index (χ3v) is 3.60. The Morgan fingerprint density at radius 1 is 1.09 bits per heavy atom. The molecule has 3 N–H and O–H groups in total. The molecule has 22 heavy (non-hydrogen) atoms. The van der Waals surface area contributed by atoms with Gasteiger partial charge < -0.3 is 10.7 Å². The Hall–Kier alpha value is -2.60. The minimum Gasteiger partial charge on any atom is -0.342 e. The van der Waals surface area contributed by atoms with Gasteiger partial charge in [-0.25, -0.2) is 0 Å². The van der Waals surface area contributed by atoms with Gasteiger partial charge >= 0.3 is 0 Å². The Balaban J connectivity index is 1.73. The Morgan fingerprint density at radius 3 is 2.55 bits per heavy atom. The van der Waals surface area contributed by atoms with Crippen LogP contribution >= 0.6 is 11.3 Å². The summed E-state index contributed by atoms with van der Waals surface area (Å²) in [6.07, 6.45) is 1.91. The van der Waals surface area contributed by atoms with Gasteiger partial charge in [0.2, 0.25) is 0 Å². The zero-order valence-electron chi connectivity index (χ0n) is 12.1. The summed E-state index contributed by atoms with van der Waals surface area (Å²) < 4.78 is 0. The van der Waals surface area contributed by atoms with Crippen LogP contribution in [0, 0.1) is 0 Å². The van der Waals surface area contributed by atoms with Gasteiger partial charge in [-0.1, -0.05) is 36.4 Å². The highest BCUT2D eigenvalue weighted by molar-refractivity contribution is 7.12. The minimum absolute atomic E-state index is 0.0810. The summed E-state index contributed by atoms with van der Waals surface area (Å²) in [7, 11) is 0. The van der Waals surface area contributed by atoms with Crippen molar-refractivity contribution in [2.45, 2.75) is 6.92 Å². The SMILES string of the molecule is C/C(=C/c1ccccc1)NNC(=O)CNC(=O)c1cccs1. The standard InChI is InChI=1S/C16H17N3O2S/c1-12(10-13-6-3-2-4-7-13)18-19-15(20)11-17-16(21)14-8-5-9-22-14/h2-10,18H,11H2,1H3,(H,17,21)(H,19,20)/b12-10-. The summed E-state index contributed by atoms with van der Waals surface area (Å²) >= 11 is 1.33. The van der Waals surface area contributed by atoms with E-state index in [-0.39, 0.29) is 18.4 Å². The fraction of sp³-hybridized carbons (Fsp3) is 0.125. The maximum Gasteiger partial charge on any atom is 0.261 e. The number of allylic oxidation sites excluding steroid dienone is 1. The molecule has 1 aromatic heterocycles. The lowest BCUT2D eigenvalue weighted by Crippen LogP contribution is -2.42. The Kier molecular flexibility index (Phi) is 5.73. The molecule has 6 heteroatoms. The van der Waals surface area contributed by atoms with Gasteiger partial charge in [-0.3, -0.25) is 15.0 Å². The average Bonchev–Trinajstić information content (AvgIpc) is 3.06. The van der Waals surface area contributed by atoms with Crippen molar-refractivity contribution in [3.63, 3.8) is 0 Å². The van der Waals surface area contributed by atoms with Crippen LogP contribution in [-0.4, -0.2) is 18.4 Å². The van der Waals surface area contributed by atoms with Gasteiger partial charge in [-0.05, 0) is 30.0 Å². The van der Waals surface area contributed by atoms with Crippen molar-refractivity contribution in [2.75, 3.05) is 6.54 Å². The molecule has 0 fully saturated rings. The van der Waals surface area contributed by atoms with Gasteiger partial charge in [0, 0.05) is 5.70 Å². The van der Waals surface area contributed by atoms with Crippen LogP contribution in [0.4, 0.5) is 0 Å². The second-order valence-electron chi connectivity index (χ2n) is 4.57. The highest BCUT2D eigenvalue weighted by atomic mass is 32.1. The van der Waals surface area contributed by atoms with Crippen LogP contribution in [0.1, 0.15) is 22.2 Å². The Bertz CT molecular complexity index is 651. The molecular weight excluding hydrogens is 298 g/mol. The second kappa shape index (κ2) is 7.99. The van der Waals surface area contributed by atoms with E-state index < -0.39 is 0 Å². The molecule has 0 radical (unpaired) electrons. The topological polar surface area (TPSA) is 70.2 Å². The first-order valence-electron chi connectivity index (χ1n) is 6.75. The number of nitrogens with one attached hydrogen (secondary N) is 3. The summed E-state index contributed by atoms with van der Waals surface area (Å²) in [5.41, 5.74) is 7.17. The molecule has 0 aliphatic heterocycles. The zero-order chi connectivity index (χ0) is 15.8. The van der Waals surface area contributed by atoms with E-state index in [1.807, 2.05) is 48.7 Å². The van der Waals surface area contributed by atoms with Gasteiger partial charge in [0.05, 0.1) is 11.4 Å². The van der Waals surface area contributed by atoms with Crippen molar-refractivity contribution >= 4 is 29.2 Å². The summed E-state index contributed by atoms with van der Waals surface area (Å²) in [4.78, 5) is 23.9. The number of hydrogen-bond donors (Lipinski definition) is 3. The monoisotopic (exact) mass is 315 g/mol. The van der Waals surface area contributed by atoms with Crippen LogP contribution in [0.25, 0.3) is 6.08 Å². The maximum absolute atomic E-state index is 11.7. The van der Waals surface area contributed by atoms with Crippen LogP contribution in [0.5, 0.6) is 0 Å². The van der Waals surface area contributed by atoms with E-state index in [9.17, 15) is 9.59 Å². The molecule has 0 aliphatic carbocycles. The van der Waals surface area contributed by atoms with Crippen LogP contribution in [0.2, 0.25) is 0 Å². The van der Waals surface area contributed by atoms with Crippen LogP contribution in [0.3, 0.4) is 0 Å². The highest BCUT2D eigenvalue weighted by Crippen LogP contribution is 2.07. The van der Waals surface area contributed by atoms with E-state index in [1.165, 1.54) is 11.3 Å². The molecule has 5 nitrogen and oxygen atoms in total. The molecule has 0 saturated carbocycles. The Morgan fingerprint density at radius 2 is 1.86 bits per heavy atom. The number of thiophene rings is 1. The number of amides is 2. The summed E-state index contributed by atoms with van der Waals surface area (Å²) in [6, 6.07) is 13.3. The minimum atomic E-state index is -0.314. The first-order valence-corrected chi connectivity index (χ1v) is 7.63. The lowest BCUT2D eigenvalue weighted by atomic mass is 10.2. The lowest BCUT2D eigenvalue weighted by Gasteiger charge is -2.09. The number of rotatable bonds is 6. The van der Waals surface area contributed by atoms with Gasteiger partial charge in [0.1, 0.15) is 0 Å². The summed E-state index contributed by atoms with van der Waals surface area (Å²) in [5, 5.41) is 4.37. The molecule has 0 atom stereocenters. The van der Waals surface area contributed by atoms with Crippen molar-refractivity contribution in [2.24, 2.45) is 0 Å². The predicted octanol–water partition coefficient (Wildman–Crippen LogP) is 2.16. The van der Waals surface area contributed by atoms with Crippen molar-refractivity contribution in [3.05, 3.63) is 64.0 Å². The van der Waals surface area contributed by atoms with Crippen molar-refractivity contribution in [3.8, 4) is 0 Å². The van der Waals surface area contributed by atoms with Crippen molar-refractivity contribution in [1.82, 2.24) is 16.2 Å². The molecule has 2 aromatic rings. The van der Waals surface area contributed by atoms with Gasteiger partial charge in [0.15, 0.2) is 0 Å². The third-order valence-electron chi connectivity index (χ3n) is 2.74. The average molecular weight is 315 g/mol. The van der Waals surface area contributed by atoms with E-state index in [0.29, 0.717) is 4.88 Å². The fourth-order valence-electron chi connectivity index (χ4n) is 1.70. The quantitative estimate of drug-likeness (QED) is 0.716. The zero-order valence-corrected chi connectivity index (χ0v) is 12.9. The molecule has 0 unspecified atom stereocenters. The van der Waals surface area contributed by atoms with Crippen LogP contribution in [-0.2, 0) is 4.79 Å². The number of benzene rings is 1. The van der Waals surface area contributed by atoms with Gasteiger partial charge in [-0.15, -0.1) is 11.3 Å². The molecule has 1 heterocycles. The van der Waals surface area contributed by atoms with Crippen LogP contribution in [0.15, 0.2) is 53.5 Å². The van der Waals surface area contributed by atoms with Crippen molar-refractivity contribution in [1.29, 1.82) is 0 Å².